The molecule has 4 heterocycles. The van der Waals surface area contributed by atoms with Crippen LogP contribution in [0.15, 0.2) is 97.1 Å². The van der Waals surface area contributed by atoms with Crippen molar-refractivity contribution < 1.29 is 68.1 Å². The molecule has 2 fully saturated rings. The maximum atomic E-state index is 13.7. The third kappa shape index (κ3) is 15.4. The fraction of sp³-hybridized carbons (Fsp3) is 0.564. The summed E-state index contributed by atoms with van der Waals surface area (Å²) < 4.78 is 24.6. The number of benzene rings is 4. The van der Waals surface area contributed by atoms with E-state index in [9.17, 15) is 49.2 Å². The summed E-state index contributed by atoms with van der Waals surface area (Å²) in [6, 6.07) is 22.8. The van der Waals surface area contributed by atoms with E-state index in [4.69, 9.17) is 42.1 Å². The zero-order valence-corrected chi connectivity index (χ0v) is 59.6. The quantitative estimate of drug-likeness (QED) is 0.104. The number of aliphatic hydroxyl groups excluding tert-OH is 2. The van der Waals surface area contributed by atoms with E-state index in [1.165, 1.54) is 32.1 Å². The molecule has 98 heavy (non-hydrogen) atoms. The Morgan fingerprint density at radius 1 is 0.571 bits per heavy atom. The first-order chi connectivity index (χ1) is 46.4. The van der Waals surface area contributed by atoms with Crippen molar-refractivity contribution in [3.63, 3.8) is 0 Å². The van der Waals surface area contributed by atoms with Crippen molar-refractivity contribution in [2.24, 2.45) is 23.7 Å². The Kier molecular flexibility index (Phi) is 21.2. The van der Waals surface area contributed by atoms with E-state index in [-0.39, 0.29) is 34.5 Å². The molecule has 4 aliphatic heterocycles. The van der Waals surface area contributed by atoms with E-state index < -0.39 is 95.6 Å². The number of aliphatic hydroxyl groups is 2. The van der Waals surface area contributed by atoms with Gasteiger partial charge in [0.05, 0.1) is 49.6 Å². The first kappa shape index (κ1) is 72.1. The average molecular weight is 1390 g/mol. The van der Waals surface area contributed by atoms with E-state index in [0.29, 0.717) is 98.0 Å². The highest BCUT2D eigenvalue weighted by Gasteiger charge is 2.52. The van der Waals surface area contributed by atoms with Crippen LogP contribution in [0.2, 0.25) is 10.0 Å². The molecule has 4 aromatic carbocycles. The molecule has 0 saturated heterocycles. The van der Waals surface area contributed by atoms with Crippen molar-refractivity contribution in [3.05, 3.63) is 141 Å². The van der Waals surface area contributed by atoms with Gasteiger partial charge in [-0.05, 0) is 224 Å². The zero-order chi connectivity index (χ0) is 70.3. The van der Waals surface area contributed by atoms with Crippen LogP contribution in [0.3, 0.4) is 0 Å². The smallest absolute Gasteiger partial charge is 0.315 e. The summed E-state index contributed by atoms with van der Waals surface area (Å²) in [6.07, 6.45) is 14.9. The number of nitrogens with zero attached hydrogens (tertiary/aromatic N) is 4. The van der Waals surface area contributed by atoms with Gasteiger partial charge in [0.2, 0.25) is 11.8 Å². The van der Waals surface area contributed by atoms with Gasteiger partial charge >= 0.3 is 23.9 Å². The maximum Gasteiger partial charge on any atom is 0.315 e. The van der Waals surface area contributed by atoms with Crippen LogP contribution in [0, 0.1) is 23.7 Å². The molecule has 4 aliphatic carbocycles. The van der Waals surface area contributed by atoms with E-state index in [2.05, 4.69) is 34.1 Å². The number of aliphatic carboxylic acids is 2. The molecule has 20 heteroatoms. The van der Waals surface area contributed by atoms with Crippen molar-refractivity contribution in [3.8, 4) is 11.5 Å². The average Bonchev–Trinajstić information content (AvgIpc) is 1.53. The molecule has 4 aromatic rings. The van der Waals surface area contributed by atoms with Crippen LogP contribution in [-0.4, -0.2) is 156 Å². The van der Waals surface area contributed by atoms with E-state index >= 15 is 0 Å². The summed E-state index contributed by atoms with van der Waals surface area (Å²) in [7, 11) is 3.28. The number of hydrogen-bond acceptors (Lipinski definition) is 14. The fourth-order valence-electron chi connectivity index (χ4n) is 16.6. The molecule has 2 spiro atoms. The lowest BCUT2D eigenvalue weighted by atomic mass is 9.68. The van der Waals surface area contributed by atoms with E-state index in [0.717, 1.165) is 75.6 Å². The number of aryl methyl sites for hydroxylation is 2. The molecule has 2 saturated carbocycles. The molecule has 528 valence electrons. The van der Waals surface area contributed by atoms with Gasteiger partial charge in [0, 0.05) is 87.1 Å². The Morgan fingerprint density at radius 3 is 1.33 bits per heavy atom. The van der Waals surface area contributed by atoms with Crippen molar-refractivity contribution in [2.45, 2.75) is 189 Å². The molecule has 12 rings (SSSR count). The van der Waals surface area contributed by atoms with Gasteiger partial charge in [0.1, 0.15) is 33.5 Å². The minimum absolute atomic E-state index is 0.0815. The van der Waals surface area contributed by atoms with Crippen LogP contribution in [0.5, 0.6) is 11.5 Å². The molecule has 18 nitrogen and oxygen atoms in total. The van der Waals surface area contributed by atoms with E-state index in [1.54, 1.807) is 79.9 Å². The Bertz CT molecular complexity index is 3510. The summed E-state index contributed by atoms with van der Waals surface area (Å²) >= 11 is 12.9. The Labute approximate surface area is 586 Å². The minimum Gasteiger partial charge on any atom is -0.490 e. The van der Waals surface area contributed by atoms with Gasteiger partial charge in [-0.15, -0.1) is 0 Å². The first-order valence-electron chi connectivity index (χ1n) is 35.1. The number of carbonyl (C=O) groups excluding carboxylic acids is 4. The Morgan fingerprint density at radius 2 is 0.969 bits per heavy atom. The predicted octanol–water partition coefficient (Wildman–Crippen LogP) is 12.1. The second-order valence-electron chi connectivity index (χ2n) is 31.3. The van der Waals surface area contributed by atoms with Crippen LogP contribution in [-0.2, 0) is 72.7 Å². The largest absolute Gasteiger partial charge is 0.490 e. The molecule has 8 aliphatic rings. The number of halogens is 2. The molecule has 0 radical (unpaired) electrons. The number of rotatable bonds is 6. The summed E-state index contributed by atoms with van der Waals surface area (Å²) in [5, 5.41) is 45.8. The molecular weight excluding hydrogens is 1290 g/mol. The van der Waals surface area contributed by atoms with Gasteiger partial charge in [0.25, 0.3) is 0 Å². The van der Waals surface area contributed by atoms with Crippen LogP contribution in [0.1, 0.15) is 165 Å². The highest BCUT2D eigenvalue weighted by molar-refractivity contribution is 6.31. The number of fused-ring (bicyclic) bond motifs is 8. The topological polar surface area (TPSA) is 233 Å². The number of carbonyl (C=O) groups is 6. The van der Waals surface area contributed by atoms with Crippen LogP contribution in [0.25, 0.3) is 0 Å². The number of ether oxygens (including phenoxy) is 4. The van der Waals surface area contributed by atoms with Gasteiger partial charge < -0.3 is 59.0 Å². The van der Waals surface area contributed by atoms with Crippen molar-refractivity contribution >= 4 is 70.3 Å². The Hall–Kier alpha value is -7.12. The molecule has 0 aromatic heterocycles. The van der Waals surface area contributed by atoms with Crippen molar-refractivity contribution in [1.82, 2.24) is 9.80 Å². The van der Waals surface area contributed by atoms with Crippen molar-refractivity contribution in [1.29, 1.82) is 0 Å². The third-order valence-corrected chi connectivity index (χ3v) is 22.6. The lowest BCUT2D eigenvalue weighted by Gasteiger charge is -2.45. The van der Waals surface area contributed by atoms with Gasteiger partial charge in [0.15, 0.2) is 0 Å². The summed E-state index contributed by atoms with van der Waals surface area (Å²) in [6.45, 7) is 14.5. The highest BCUT2D eigenvalue weighted by Crippen LogP contribution is 2.51. The first-order valence-corrected chi connectivity index (χ1v) is 35.9. The second kappa shape index (κ2) is 28.8. The molecule has 0 unspecified atom stereocenters. The fourth-order valence-corrected chi connectivity index (χ4v) is 17.0. The maximum absolute atomic E-state index is 13.7. The van der Waals surface area contributed by atoms with Gasteiger partial charge in [-0.3, -0.25) is 28.8 Å². The van der Waals surface area contributed by atoms with Gasteiger partial charge in [-0.2, -0.15) is 0 Å². The molecule has 2 amide bonds. The molecular formula is C78H98Cl2N4O14. The summed E-state index contributed by atoms with van der Waals surface area (Å²) in [5.41, 5.74) is 0.928. The van der Waals surface area contributed by atoms with Crippen LogP contribution in [0.4, 0.5) is 11.4 Å². The highest BCUT2D eigenvalue weighted by atomic mass is 35.5. The molecule has 4 N–H and O–H groups in total. The summed E-state index contributed by atoms with van der Waals surface area (Å²) in [5.74, 6) is -2.87. The lowest BCUT2D eigenvalue weighted by Crippen LogP contribution is -2.49. The van der Waals surface area contributed by atoms with Crippen LogP contribution >= 0.6 is 23.2 Å². The lowest BCUT2D eigenvalue weighted by molar-refractivity contribution is -0.162. The second-order valence-corrected chi connectivity index (χ2v) is 32.1. The third-order valence-electron chi connectivity index (χ3n) is 22.2. The SMILES string of the molecule is CN1CC/C=C/[C@H](O)[C@@H]2CC[C@H]2CN2C[C@@]3(CCCc4cc(Cl)ccc43)COc3ccc(cc32)[C@@](CC(=O)OC(C)(C)C)(C(=O)O)CC1=O.CN1CC/C=C/[C@H](O)[C@@H]2CC[C@H]2CN2C[C@@]3(CCCc4cc(Cl)ccc43)COc3ccc(cc32)[C@](CC(=O)OC(C)(C)C)(C(=O)O)CC1=O. The molecule has 10 atom stereocenters. The normalized spacial score (nSPS) is 29.5. The number of carboxylic acid groups (broad SMARTS) is 2. The molecule has 4 bridgehead atoms. The number of anilines is 2. The monoisotopic (exact) mass is 1380 g/mol. The zero-order valence-electron chi connectivity index (χ0n) is 58.1. The number of carboxylic acids is 2. The standard InChI is InChI=1S/2C39H49ClN2O7/c2*1-37(2,3)49-35(45)21-39(36(46)47)20-34(44)41(4)17-6-5-9-32(43)29-13-10-26(29)22-42-23-38(24-48-33-15-11-27(39)19-31(33)42)16-7-8-25-18-28(40)12-14-30(25)38/h2*5,9,11-12,14-15,18-19,26,29,32,43H,6-8,10,13,16-17,20-24H2,1-4H3,(H,46,47)/b2*9-5+/t26-,29+,32-,38-,39+;26-,29+,32-,38-,39-/m00/s1. The van der Waals surface area contributed by atoms with Crippen LogP contribution < -0.4 is 19.3 Å². The number of amides is 2. The van der Waals surface area contributed by atoms with Gasteiger partial charge in [-0.1, -0.05) is 71.8 Å². The van der Waals surface area contributed by atoms with Gasteiger partial charge in [-0.25, -0.2) is 0 Å². The summed E-state index contributed by atoms with van der Waals surface area (Å²) in [4.78, 5) is 88.8. The number of hydrogen-bond donors (Lipinski definition) is 4. The minimum atomic E-state index is -1.88. The number of esters is 2. The Balaban J connectivity index is 0.000000198. The van der Waals surface area contributed by atoms with Crippen molar-refractivity contribution in [2.75, 3.05) is 76.4 Å². The van der Waals surface area contributed by atoms with E-state index in [1.807, 2.05) is 48.6 Å². The predicted molar refractivity (Wildman–Crippen MR) is 376 cm³/mol.